The zero-order valence-corrected chi connectivity index (χ0v) is 9.31. The van der Waals surface area contributed by atoms with Crippen molar-refractivity contribution in [1.29, 1.82) is 0 Å². The number of aliphatic carboxylic acids is 1. The summed E-state index contributed by atoms with van der Waals surface area (Å²) in [6, 6.07) is -0.930. The van der Waals surface area contributed by atoms with Crippen molar-refractivity contribution in [2.45, 2.75) is 18.6 Å². The van der Waals surface area contributed by atoms with Gasteiger partial charge in [-0.3, -0.25) is 4.79 Å². The molecule has 0 saturated heterocycles. The molecular formula is C8H14F3NO3S. The lowest BCUT2D eigenvalue weighted by molar-refractivity contribution is -0.173. The lowest BCUT2D eigenvalue weighted by Gasteiger charge is -2.08. The lowest BCUT2D eigenvalue weighted by Crippen LogP contribution is -2.32. The van der Waals surface area contributed by atoms with Gasteiger partial charge in [-0.25, -0.2) is 0 Å². The maximum atomic E-state index is 11.6. The number of carboxylic acids is 1. The summed E-state index contributed by atoms with van der Waals surface area (Å²) in [6.45, 7) is -1.23. The highest BCUT2D eigenvalue weighted by Crippen LogP contribution is 2.14. The highest BCUT2D eigenvalue weighted by Gasteiger charge is 2.27. The summed E-state index contributed by atoms with van der Waals surface area (Å²) in [5.41, 5.74) is 5.21. The average molecular weight is 261 g/mol. The molecule has 3 N–H and O–H groups in total. The van der Waals surface area contributed by atoms with Crippen LogP contribution in [0.1, 0.15) is 6.42 Å². The van der Waals surface area contributed by atoms with Crippen LogP contribution in [0.15, 0.2) is 0 Å². The summed E-state index contributed by atoms with van der Waals surface area (Å²) < 4.78 is 39.2. The second kappa shape index (κ2) is 7.75. The fourth-order valence-corrected chi connectivity index (χ4v) is 1.62. The van der Waals surface area contributed by atoms with Crippen molar-refractivity contribution < 1.29 is 27.8 Å². The van der Waals surface area contributed by atoms with E-state index in [9.17, 15) is 18.0 Å². The van der Waals surface area contributed by atoms with Crippen LogP contribution in [0.3, 0.4) is 0 Å². The second-order valence-corrected chi connectivity index (χ2v) is 4.19. The van der Waals surface area contributed by atoms with E-state index in [0.717, 1.165) is 0 Å². The molecule has 0 aliphatic carbocycles. The largest absolute Gasteiger partial charge is 0.480 e. The molecule has 0 aromatic heterocycles. The van der Waals surface area contributed by atoms with Gasteiger partial charge in [-0.2, -0.15) is 24.9 Å². The minimum atomic E-state index is -4.29. The van der Waals surface area contributed by atoms with Gasteiger partial charge in [-0.05, 0) is 12.2 Å². The molecular weight excluding hydrogens is 247 g/mol. The molecule has 0 bridgehead atoms. The van der Waals surface area contributed by atoms with Gasteiger partial charge in [-0.15, -0.1) is 0 Å². The standard InChI is InChI=1S/C8H14F3NO3S/c9-8(10,11)5-15-2-1-3-16-4-6(12)7(13)14/h6H,1-5,12H2,(H,13,14)/t6-/m1/s1. The van der Waals surface area contributed by atoms with Gasteiger partial charge in [0.15, 0.2) is 0 Å². The number of ether oxygens (including phenoxy) is 1. The highest BCUT2D eigenvalue weighted by atomic mass is 32.2. The Bertz CT molecular complexity index is 213. The van der Waals surface area contributed by atoms with Crippen LogP contribution >= 0.6 is 11.8 Å². The van der Waals surface area contributed by atoms with Gasteiger partial charge in [0, 0.05) is 12.4 Å². The summed E-state index contributed by atoms with van der Waals surface area (Å²) in [7, 11) is 0. The average Bonchev–Trinajstić information content (AvgIpc) is 2.14. The molecule has 0 fully saturated rings. The Morgan fingerprint density at radius 1 is 1.50 bits per heavy atom. The summed E-state index contributed by atoms with van der Waals surface area (Å²) >= 11 is 1.28. The molecule has 0 unspecified atom stereocenters. The van der Waals surface area contributed by atoms with E-state index in [1.807, 2.05) is 0 Å². The maximum absolute atomic E-state index is 11.6. The minimum absolute atomic E-state index is 0.00875. The van der Waals surface area contributed by atoms with E-state index >= 15 is 0 Å². The minimum Gasteiger partial charge on any atom is -0.480 e. The predicted molar refractivity (Wildman–Crippen MR) is 54.4 cm³/mol. The van der Waals surface area contributed by atoms with Crippen LogP contribution in [0.2, 0.25) is 0 Å². The van der Waals surface area contributed by atoms with Gasteiger partial charge in [0.05, 0.1) is 0 Å². The number of rotatable bonds is 8. The number of hydrogen-bond donors (Lipinski definition) is 2. The Hall–Kier alpha value is -0.470. The monoisotopic (exact) mass is 261 g/mol. The molecule has 0 aliphatic heterocycles. The van der Waals surface area contributed by atoms with E-state index in [2.05, 4.69) is 4.74 Å². The molecule has 0 heterocycles. The highest BCUT2D eigenvalue weighted by molar-refractivity contribution is 7.99. The smallest absolute Gasteiger partial charge is 0.411 e. The Morgan fingerprint density at radius 3 is 2.62 bits per heavy atom. The number of carboxylic acid groups (broad SMARTS) is 1. The summed E-state index contributed by atoms with van der Waals surface area (Å²) in [5.74, 6) is -0.311. The lowest BCUT2D eigenvalue weighted by atomic mass is 10.4. The van der Waals surface area contributed by atoms with Gasteiger partial charge >= 0.3 is 12.1 Å². The third-order valence-corrected chi connectivity index (χ3v) is 2.63. The van der Waals surface area contributed by atoms with E-state index in [1.165, 1.54) is 11.8 Å². The van der Waals surface area contributed by atoms with Crippen LogP contribution in [0, 0.1) is 0 Å². The Labute approximate surface area is 95.3 Å². The summed E-state index contributed by atoms with van der Waals surface area (Å²) in [6.07, 6.45) is -3.86. The van der Waals surface area contributed by atoms with Gasteiger partial charge in [-0.1, -0.05) is 0 Å². The van der Waals surface area contributed by atoms with Gasteiger partial charge in [0.2, 0.25) is 0 Å². The molecule has 0 aromatic rings. The zero-order valence-electron chi connectivity index (χ0n) is 8.50. The van der Waals surface area contributed by atoms with Crippen LogP contribution in [0.5, 0.6) is 0 Å². The van der Waals surface area contributed by atoms with Crippen LogP contribution in [0.4, 0.5) is 13.2 Å². The third-order valence-electron chi connectivity index (χ3n) is 1.46. The molecule has 1 atom stereocenters. The number of nitrogens with two attached hydrogens (primary N) is 1. The van der Waals surface area contributed by atoms with Crippen molar-refractivity contribution in [1.82, 2.24) is 0 Å². The molecule has 0 radical (unpaired) electrons. The third kappa shape index (κ3) is 10.1. The second-order valence-electron chi connectivity index (χ2n) is 3.04. The SMILES string of the molecule is N[C@H](CSCCCOCC(F)(F)F)C(=O)O. The quantitative estimate of drug-likeness (QED) is 0.640. The zero-order chi connectivity index (χ0) is 12.6. The molecule has 96 valence electrons. The number of hydrogen-bond acceptors (Lipinski definition) is 4. The maximum Gasteiger partial charge on any atom is 0.411 e. The van der Waals surface area contributed by atoms with Gasteiger partial charge in [0.1, 0.15) is 12.6 Å². The molecule has 8 heteroatoms. The molecule has 4 nitrogen and oxygen atoms in total. The van der Waals surface area contributed by atoms with Crippen molar-refractivity contribution >= 4 is 17.7 Å². The van der Waals surface area contributed by atoms with E-state index in [-0.39, 0.29) is 12.4 Å². The van der Waals surface area contributed by atoms with Crippen molar-refractivity contribution in [3.8, 4) is 0 Å². The van der Waals surface area contributed by atoms with Crippen molar-refractivity contribution in [3.05, 3.63) is 0 Å². The van der Waals surface area contributed by atoms with Crippen LogP contribution in [-0.4, -0.2) is 48.0 Å². The van der Waals surface area contributed by atoms with Crippen molar-refractivity contribution in [2.75, 3.05) is 24.7 Å². The van der Waals surface area contributed by atoms with Gasteiger partial charge in [0.25, 0.3) is 0 Å². The first-order valence-electron chi connectivity index (χ1n) is 4.53. The van der Waals surface area contributed by atoms with Crippen molar-refractivity contribution in [3.63, 3.8) is 0 Å². The summed E-state index contributed by atoms with van der Waals surface area (Å²) in [5, 5.41) is 8.42. The Morgan fingerprint density at radius 2 is 2.12 bits per heavy atom. The first kappa shape index (κ1) is 15.5. The molecule has 0 amide bonds. The van der Waals surface area contributed by atoms with Crippen LogP contribution in [-0.2, 0) is 9.53 Å². The number of thioether (sulfide) groups is 1. The number of carbonyl (C=O) groups is 1. The fraction of sp³-hybridized carbons (Fsp3) is 0.875. The van der Waals surface area contributed by atoms with E-state index in [1.54, 1.807) is 0 Å². The molecule has 0 spiro atoms. The molecule has 16 heavy (non-hydrogen) atoms. The van der Waals surface area contributed by atoms with E-state index < -0.39 is 24.8 Å². The first-order valence-corrected chi connectivity index (χ1v) is 5.69. The first-order chi connectivity index (χ1) is 7.33. The molecule has 0 aliphatic rings. The van der Waals surface area contributed by atoms with Crippen LogP contribution < -0.4 is 5.73 Å². The summed E-state index contributed by atoms with van der Waals surface area (Å²) in [4.78, 5) is 10.3. The number of alkyl halides is 3. The fourth-order valence-electron chi connectivity index (χ4n) is 0.733. The van der Waals surface area contributed by atoms with Crippen molar-refractivity contribution in [2.24, 2.45) is 5.73 Å². The van der Waals surface area contributed by atoms with E-state index in [0.29, 0.717) is 12.2 Å². The van der Waals surface area contributed by atoms with Crippen LogP contribution in [0.25, 0.3) is 0 Å². The Kier molecular flexibility index (Phi) is 7.52. The topological polar surface area (TPSA) is 72.5 Å². The van der Waals surface area contributed by atoms with E-state index in [4.69, 9.17) is 10.8 Å². The molecule has 0 aromatic carbocycles. The normalized spacial score (nSPS) is 13.8. The molecule has 0 saturated carbocycles. The Balaban J connectivity index is 3.25. The number of halogens is 3. The molecule has 0 rings (SSSR count). The van der Waals surface area contributed by atoms with Gasteiger partial charge < -0.3 is 15.6 Å². The predicted octanol–water partition coefficient (Wildman–Crippen LogP) is 1.10.